The summed E-state index contributed by atoms with van der Waals surface area (Å²) < 4.78 is 0. The number of carbonyl (C=O) groups is 1. The van der Waals surface area contributed by atoms with E-state index in [1.165, 1.54) is 0 Å². The zero-order chi connectivity index (χ0) is 20.9. The third-order valence-corrected chi connectivity index (χ3v) is 6.11. The molecule has 1 amide bonds. The number of halogens is 1. The van der Waals surface area contributed by atoms with Crippen molar-refractivity contribution in [3.8, 4) is 0 Å². The first kappa shape index (κ1) is 18.8. The van der Waals surface area contributed by atoms with E-state index in [2.05, 4.69) is 30.5 Å². The van der Waals surface area contributed by atoms with Crippen molar-refractivity contribution in [3.05, 3.63) is 64.7 Å². The van der Waals surface area contributed by atoms with Crippen molar-refractivity contribution in [1.29, 1.82) is 0 Å². The highest BCUT2D eigenvalue weighted by Gasteiger charge is 2.38. The van der Waals surface area contributed by atoms with Crippen molar-refractivity contribution >= 4 is 40.5 Å². The predicted molar refractivity (Wildman–Crippen MR) is 117 cm³/mol. The van der Waals surface area contributed by atoms with Gasteiger partial charge in [-0.1, -0.05) is 17.7 Å². The van der Waals surface area contributed by atoms with Crippen LogP contribution in [-0.2, 0) is 23.2 Å². The summed E-state index contributed by atoms with van der Waals surface area (Å²) in [7, 11) is 0. The van der Waals surface area contributed by atoms with Crippen LogP contribution in [0.25, 0.3) is 0 Å². The SMILES string of the molecule is CC1(C)C(=O)Nc2cc(Nc3ncnc4c3CCN(c3ncccc3Cl)C4)ccc21. The fourth-order valence-corrected chi connectivity index (χ4v) is 4.30. The van der Waals surface area contributed by atoms with Gasteiger partial charge in [0.2, 0.25) is 5.91 Å². The Labute approximate surface area is 179 Å². The van der Waals surface area contributed by atoms with Gasteiger partial charge in [-0.25, -0.2) is 15.0 Å². The molecule has 30 heavy (non-hydrogen) atoms. The van der Waals surface area contributed by atoms with Crippen molar-refractivity contribution in [1.82, 2.24) is 15.0 Å². The Hall–Kier alpha value is -3.19. The third kappa shape index (κ3) is 3.06. The molecule has 2 aliphatic rings. The predicted octanol–water partition coefficient (Wildman–Crippen LogP) is 4.06. The van der Waals surface area contributed by atoms with E-state index in [0.717, 1.165) is 52.8 Å². The minimum absolute atomic E-state index is 0.0161. The molecule has 3 aromatic rings. The second-order valence-corrected chi connectivity index (χ2v) is 8.50. The minimum Gasteiger partial charge on any atom is -0.349 e. The number of anilines is 4. The lowest BCUT2D eigenvalue weighted by Crippen LogP contribution is -2.32. The van der Waals surface area contributed by atoms with E-state index in [1.807, 2.05) is 44.2 Å². The summed E-state index contributed by atoms with van der Waals surface area (Å²) >= 11 is 6.32. The van der Waals surface area contributed by atoms with E-state index in [-0.39, 0.29) is 5.91 Å². The van der Waals surface area contributed by atoms with Gasteiger partial charge in [0.1, 0.15) is 18.0 Å². The first-order valence-electron chi connectivity index (χ1n) is 9.85. The number of rotatable bonds is 3. The lowest BCUT2D eigenvalue weighted by atomic mass is 9.86. The Morgan fingerprint density at radius 2 is 2.07 bits per heavy atom. The quantitative estimate of drug-likeness (QED) is 0.664. The highest BCUT2D eigenvalue weighted by Crippen LogP contribution is 2.39. The van der Waals surface area contributed by atoms with Gasteiger partial charge >= 0.3 is 0 Å². The summed E-state index contributed by atoms with van der Waals surface area (Å²) in [6.07, 6.45) is 4.10. The number of amides is 1. The van der Waals surface area contributed by atoms with Gasteiger partial charge in [0, 0.05) is 29.7 Å². The number of hydrogen-bond acceptors (Lipinski definition) is 6. The molecule has 2 aliphatic heterocycles. The number of benzene rings is 1. The van der Waals surface area contributed by atoms with Gasteiger partial charge in [-0.3, -0.25) is 4.79 Å². The average Bonchev–Trinajstić information content (AvgIpc) is 2.96. The second-order valence-electron chi connectivity index (χ2n) is 8.09. The Kier molecular flexibility index (Phi) is 4.36. The Morgan fingerprint density at radius 3 is 2.90 bits per heavy atom. The van der Waals surface area contributed by atoms with Crippen LogP contribution in [-0.4, -0.2) is 27.4 Å². The van der Waals surface area contributed by atoms with Crippen LogP contribution in [0.4, 0.5) is 23.0 Å². The summed E-state index contributed by atoms with van der Waals surface area (Å²) in [5.41, 5.74) is 4.25. The molecule has 0 atom stereocenters. The van der Waals surface area contributed by atoms with Crippen molar-refractivity contribution in [2.24, 2.45) is 0 Å². The largest absolute Gasteiger partial charge is 0.349 e. The molecule has 0 spiro atoms. The van der Waals surface area contributed by atoms with Crippen LogP contribution >= 0.6 is 11.6 Å². The molecule has 0 fully saturated rings. The number of fused-ring (bicyclic) bond motifs is 2. The summed E-state index contributed by atoms with van der Waals surface area (Å²) in [5, 5.41) is 7.01. The van der Waals surface area contributed by atoms with Gasteiger partial charge in [-0.15, -0.1) is 0 Å². The number of pyridine rings is 1. The van der Waals surface area contributed by atoms with Crippen LogP contribution in [0.5, 0.6) is 0 Å². The standard InChI is InChI=1S/C22H21ClN6O/c1-22(2)15-6-5-13(10-17(15)28-21(22)30)27-19-14-7-9-29(11-18(14)25-12-26-19)20-16(23)4-3-8-24-20/h3-6,8,10,12H,7,9,11H2,1-2H3,(H,28,30)(H,25,26,27). The van der Waals surface area contributed by atoms with Crippen molar-refractivity contribution < 1.29 is 4.79 Å². The molecule has 0 saturated carbocycles. The van der Waals surface area contributed by atoms with Gasteiger partial charge in [0.25, 0.3) is 0 Å². The minimum atomic E-state index is -0.516. The molecule has 0 saturated heterocycles. The molecule has 5 rings (SSSR count). The van der Waals surface area contributed by atoms with Gasteiger partial charge in [-0.2, -0.15) is 0 Å². The van der Waals surface area contributed by atoms with Gasteiger partial charge in [0.15, 0.2) is 0 Å². The van der Waals surface area contributed by atoms with Crippen LogP contribution in [0.15, 0.2) is 42.9 Å². The summed E-state index contributed by atoms with van der Waals surface area (Å²) in [6.45, 7) is 5.27. The number of nitrogens with one attached hydrogen (secondary N) is 2. The lowest BCUT2D eigenvalue weighted by molar-refractivity contribution is -0.119. The van der Waals surface area contributed by atoms with E-state index in [9.17, 15) is 4.79 Å². The highest BCUT2D eigenvalue weighted by molar-refractivity contribution is 6.32. The number of carbonyl (C=O) groups excluding carboxylic acids is 1. The normalized spacial score (nSPS) is 16.6. The first-order valence-corrected chi connectivity index (χ1v) is 10.2. The molecule has 2 N–H and O–H groups in total. The van der Waals surface area contributed by atoms with E-state index >= 15 is 0 Å². The molecule has 0 bridgehead atoms. The van der Waals surface area contributed by atoms with Crippen LogP contribution in [0.3, 0.4) is 0 Å². The molecule has 0 unspecified atom stereocenters. The fourth-order valence-electron chi connectivity index (χ4n) is 4.06. The first-order chi connectivity index (χ1) is 14.4. The Balaban J connectivity index is 1.41. The maximum absolute atomic E-state index is 12.2. The molecule has 7 nitrogen and oxygen atoms in total. The molecule has 4 heterocycles. The number of aromatic nitrogens is 3. The van der Waals surface area contributed by atoms with E-state index < -0.39 is 5.41 Å². The molecule has 1 aromatic carbocycles. The smallest absolute Gasteiger partial charge is 0.234 e. The Bertz CT molecular complexity index is 1160. The second kappa shape index (κ2) is 6.95. The number of hydrogen-bond donors (Lipinski definition) is 2. The highest BCUT2D eigenvalue weighted by atomic mass is 35.5. The van der Waals surface area contributed by atoms with Gasteiger partial charge in [-0.05, 0) is 50.1 Å². The fraction of sp³-hybridized carbons (Fsp3) is 0.273. The maximum Gasteiger partial charge on any atom is 0.234 e. The summed E-state index contributed by atoms with van der Waals surface area (Å²) in [5.74, 6) is 1.58. The van der Waals surface area contributed by atoms with Gasteiger partial charge < -0.3 is 15.5 Å². The average molecular weight is 421 g/mol. The third-order valence-electron chi connectivity index (χ3n) is 5.82. The molecule has 0 aliphatic carbocycles. The van der Waals surface area contributed by atoms with Crippen molar-refractivity contribution in [3.63, 3.8) is 0 Å². The lowest BCUT2D eigenvalue weighted by Gasteiger charge is -2.30. The molecular weight excluding hydrogens is 400 g/mol. The van der Waals surface area contributed by atoms with Gasteiger partial charge in [0.05, 0.1) is 22.7 Å². The van der Waals surface area contributed by atoms with E-state index in [0.29, 0.717) is 11.6 Å². The van der Waals surface area contributed by atoms with Crippen LogP contribution < -0.4 is 15.5 Å². The summed E-state index contributed by atoms with van der Waals surface area (Å²) in [4.78, 5) is 27.7. The zero-order valence-corrected chi connectivity index (χ0v) is 17.5. The van der Waals surface area contributed by atoms with Crippen LogP contribution in [0.2, 0.25) is 5.02 Å². The number of nitrogens with zero attached hydrogens (tertiary/aromatic N) is 4. The molecule has 152 valence electrons. The van der Waals surface area contributed by atoms with Crippen molar-refractivity contribution in [2.45, 2.75) is 32.2 Å². The molecule has 0 radical (unpaired) electrons. The Morgan fingerprint density at radius 1 is 1.20 bits per heavy atom. The van der Waals surface area contributed by atoms with Crippen LogP contribution in [0, 0.1) is 0 Å². The topological polar surface area (TPSA) is 83.0 Å². The molecule has 8 heteroatoms. The monoisotopic (exact) mass is 420 g/mol. The summed E-state index contributed by atoms with van der Waals surface area (Å²) in [6, 6.07) is 9.61. The molecular formula is C22H21ClN6O. The zero-order valence-electron chi connectivity index (χ0n) is 16.7. The van der Waals surface area contributed by atoms with E-state index in [1.54, 1.807) is 12.5 Å². The van der Waals surface area contributed by atoms with Crippen LogP contribution in [0.1, 0.15) is 30.7 Å². The van der Waals surface area contributed by atoms with Crippen molar-refractivity contribution in [2.75, 3.05) is 22.1 Å². The van der Waals surface area contributed by atoms with E-state index in [4.69, 9.17) is 11.6 Å². The molecule has 2 aromatic heterocycles. The maximum atomic E-state index is 12.2.